The summed E-state index contributed by atoms with van der Waals surface area (Å²) in [5.41, 5.74) is 1.34. The van der Waals surface area contributed by atoms with Gasteiger partial charge in [0.25, 0.3) is 0 Å². The molecule has 1 aromatic carbocycles. The maximum Gasteiger partial charge on any atom is 0.229 e. The number of rotatable bonds is 6. The number of benzene rings is 1. The normalized spacial score (nSPS) is 15.9. The highest BCUT2D eigenvalue weighted by Crippen LogP contribution is 2.24. The van der Waals surface area contributed by atoms with E-state index in [0.29, 0.717) is 12.7 Å². The first kappa shape index (κ1) is 12.0. The van der Waals surface area contributed by atoms with Crippen LogP contribution in [-0.2, 0) is 15.9 Å². The summed E-state index contributed by atoms with van der Waals surface area (Å²) in [6.07, 6.45) is 3.81. The Hall–Kier alpha value is -1.48. The van der Waals surface area contributed by atoms with Gasteiger partial charge >= 0.3 is 0 Å². The van der Waals surface area contributed by atoms with Gasteiger partial charge in [-0.3, -0.25) is 0 Å². The lowest BCUT2D eigenvalue weighted by Gasteiger charge is -2.16. The van der Waals surface area contributed by atoms with Crippen molar-refractivity contribution in [1.82, 2.24) is 5.32 Å². The van der Waals surface area contributed by atoms with Crippen molar-refractivity contribution >= 4 is 0 Å². The summed E-state index contributed by atoms with van der Waals surface area (Å²) in [6.45, 7) is 1.35. The summed E-state index contributed by atoms with van der Waals surface area (Å²) in [5, 5.41) is 3.18. The molecule has 92 valence electrons. The molecule has 3 nitrogen and oxygen atoms in total. The SMILES string of the molecule is CNCCC(Cc1ccccc1)C1=COCO1. The number of allylic oxidation sites excluding steroid dienone is 1. The van der Waals surface area contributed by atoms with E-state index in [1.54, 1.807) is 6.26 Å². The summed E-state index contributed by atoms with van der Waals surface area (Å²) in [7, 11) is 1.97. The smallest absolute Gasteiger partial charge is 0.229 e. The van der Waals surface area contributed by atoms with Gasteiger partial charge in [0.05, 0.1) is 0 Å². The van der Waals surface area contributed by atoms with Crippen molar-refractivity contribution in [1.29, 1.82) is 0 Å². The van der Waals surface area contributed by atoms with Crippen LogP contribution in [0.4, 0.5) is 0 Å². The minimum Gasteiger partial charge on any atom is -0.462 e. The fourth-order valence-electron chi connectivity index (χ4n) is 2.03. The zero-order valence-electron chi connectivity index (χ0n) is 10.2. The molecule has 2 rings (SSSR count). The number of nitrogens with one attached hydrogen (secondary N) is 1. The van der Waals surface area contributed by atoms with Crippen molar-refractivity contribution in [2.24, 2.45) is 5.92 Å². The lowest BCUT2D eigenvalue weighted by molar-refractivity contribution is 0.0697. The average molecular weight is 233 g/mol. The third-order valence-corrected chi connectivity index (χ3v) is 2.96. The van der Waals surface area contributed by atoms with Crippen LogP contribution in [0.5, 0.6) is 0 Å². The first-order valence-electron chi connectivity index (χ1n) is 6.03. The van der Waals surface area contributed by atoms with Crippen molar-refractivity contribution in [2.45, 2.75) is 12.8 Å². The third kappa shape index (κ3) is 3.49. The van der Waals surface area contributed by atoms with Crippen LogP contribution in [0.1, 0.15) is 12.0 Å². The van der Waals surface area contributed by atoms with E-state index >= 15 is 0 Å². The van der Waals surface area contributed by atoms with Gasteiger partial charge in [0.2, 0.25) is 6.79 Å². The fraction of sp³-hybridized carbons (Fsp3) is 0.429. The van der Waals surface area contributed by atoms with E-state index in [4.69, 9.17) is 9.47 Å². The first-order valence-corrected chi connectivity index (χ1v) is 6.03. The van der Waals surface area contributed by atoms with Gasteiger partial charge in [0.1, 0.15) is 12.0 Å². The Labute approximate surface area is 102 Å². The zero-order valence-corrected chi connectivity index (χ0v) is 10.2. The van der Waals surface area contributed by atoms with E-state index < -0.39 is 0 Å². The van der Waals surface area contributed by atoms with Gasteiger partial charge < -0.3 is 14.8 Å². The van der Waals surface area contributed by atoms with E-state index in [1.807, 2.05) is 13.1 Å². The second-order valence-electron chi connectivity index (χ2n) is 4.23. The molecular weight excluding hydrogens is 214 g/mol. The van der Waals surface area contributed by atoms with Crippen LogP contribution in [0, 0.1) is 5.92 Å². The van der Waals surface area contributed by atoms with Crippen LogP contribution in [-0.4, -0.2) is 20.4 Å². The quantitative estimate of drug-likeness (QED) is 0.818. The largest absolute Gasteiger partial charge is 0.462 e. The van der Waals surface area contributed by atoms with Gasteiger partial charge in [-0.15, -0.1) is 0 Å². The molecule has 0 bridgehead atoms. The molecule has 1 aliphatic rings. The van der Waals surface area contributed by atoms with Crippen LogP contribution in [0.25, 0.3) is 0 Å². The molecule has 1 N–H and O–H groups in total. The molecule has 17 heavy (non-hydrogen) atoms. The molecular formula is C14H19NO2. The molecule has 1 heterocycles. The van der Waals surface area contributed by atoms with Crippen LogP contribution in [0.15, 0.2) is 42.4 Å². The Morgan fingerprint density at radius 2 is 2.12 bits per heavy atom. The molecule has 0 spiro atoms. The molecule has 0 fully saturated rings. The van der Waals surface area contributed by atoms with Gasteiger partial charge in [-0.25, -0.2) is 0 Å². The van der Waals surface area contributed by atoms with Crippen molar-refractivity contribution in [3.05, 3.63) is 47.9 Å². The molecule has 1 unspecified atom stereocenters. The second kappa shape index (κ2) is 6.30. The van der Waals surface area contributed by atoms with Gasteiger partial charge in [0.15, 0.2) is 0 Å². The van der Waals surface area contributed by atoms with E-state index in [1.165, 1.54) is 5.56 Å². The first-order chi connectivity index (χ1) is 8.40. The molecule has 0 radical (unpaired) electrons. The maximum absolute atomic E-state index is 5.50. The van der Waals surface area contributed by atoms with Crippen LogP contribution in [0.3, 0.4) is 0 Å². The number of hydrogen-bond donors (Lipinski definition) is 1. The van der Waals surface area contributed by atoms with E-state index in [9.17, 15) is 0 Å². The van der Waals surface area contributed by atoms with Crippen LogP contribution in [0.2, 0.25) is 0 Å². The predicted molar refractivity (Wildman–Crippen MR) is 67.3 cm³/mol. The molecule has 0 amide bonds. The fourth-order valence-corrected chi connectivity index (χ4v) is 2.03. The topological polar surface area (TPSA) is 30.5 Å². The lowest BCUT2D eigenvalue weighted by Crippen LogP contribution is -2.17. The number of ether oxygens (including phenoxy) is 2. The Balaban J connectivity index is 2.00. The van der Waals surface area contributed by atoms with Crippen molar-refractivity contribution in [3.63, 3.8) is 0 Å². The Kier molecular flexibility index (Phi) is 4.45. The van der Waals surface area contributed by atoms with Gasteiger partial charge in [-0.2, -0.15) is 0 Å². The van der Waals surface area contributed by atoms with E-state index in [0.717, 1.165) is 25.1 Å². The van der Waals surface area contributed by atoms with Crippen LogP contribution >= 0.6 is 0 Å². The molecule has 0 aromatic heterocycles. The third-order valence-electron chi connectivity index (χ3n) is 2.96. The van der Waals surface area contributed by atoms with Crippen molar-refractivity contribution in [3.8, 4) is 0 Å². The molecule has 1 atom stereocenters. The molecule has 0 aliphatic carbocycles. The van der Waals surface area contributed by atoms with E-state index in [-0.39, 0.29) is 0 Å². The van der Waals surface area contributed by atoms with E-state index in [2.05, 4.69) is 29.6 Å². The molecule has 0 saturated heterocycles. The van der Waals surface area contributed by atoms with Gasteiger partial charge in [0, 0.05) is 5.92 Å². The van der Waals surface area contributed by atoms with Gasteiger partial charge in [-0.1, -0.05) is 30.3 Å². The Bertz CT molecular complexity index is 362. The monoisotopic (exact) mass is 233 g/mol. The second-order valence-corrected chi connectivity index (χ2v) is 4.23. The van der Waals surface area contributed by atoms with Gasteiger partial charge in [-0.05, 0) is 32.0 Å². The van der Waals surface area contributed by atoms with Crippen molar-refractivity contribution in [2.75, 3.05) is 20.4 Å². The summed E-state index contributed by atoms with van der Waals surface area (Å²) in [5.74, 6) is 1.37. The highest BCUT2D eigenvalue weighted by atomic mass is 16.7. The maximum atomic E-state index is 5.50. The molecule has 1 aliphatic heterocycles. The molecule has 3 heteroatoms. The highest BCUT2D eigenvalue weighted by Gasteiger charge is 2.19. The molecule has 1 aromatic rings. The Morgan fingerprint density at radius 3 is 2.76 bits per heavy atom. The standard InChI is InChI=1S/C14H19NO2/c1-15-8-7-13(14-10-16-11-17-14)9-12-5-3-2-4-6-12/h2-6,10,13,15H,7-9,11H2,1H3. The summed E-state index contributed by atoms with van der Waals surface area (Å²) < 4.78 is 10.6. The summed E-state index contributed by atoms with van der Waals surface area (Å²) >= 11 is 0. The molecule has 0 saturated carbocycles. The number of hydrogen-bond acceptors (Lipinski definition) is 3. The minimum absolute atomic E-state index is 0.361. The average Bonchev–Trinajstić information content (AvgIpc) is 2.89. The van der Waals surface area contributed by atoms with Crippen molar-refractivity contribution < 1.29 is 9.47 Å². The highest BCUT2D eigenvalue weighted by molar-refractivity contribution is 5.17. The minimum atomic E-state index is 0.361. The summed E-state index contributed by atoms with van der Waals surface area (Å²) in [6, 6.07) is 10.5. The zero-order chi connectivity index (χ0) is 11.9. The Morgan fingerprint density at radius 1 is 1.29 bits per heavy atom. The van der Waals surface area contributed by atoms with Crippen LogP contribution < -0.4 is 5.32 Å². The summed E-state index contributed by atoms with van der Waals surface area (Å²) in [4.78, 5) is 0. The predicted octanol–water partition coefficient (Wildman–Crippen LogP) is 2.30. The lowest BCUT2D eigenvalue weighted by atomic mass is 9.94.